The van der Waals surface area contributed by atoms with Gasteiger partial charge in [0, 0.05) is 6.61 Å². The molecule has 2 nitrogen and oxygen atoms in total. The van der Waals surface area contributed by atoms with Gasteiger partial charge in [0.2, 0.25) is 0 Å². The van der Waals surface area contributed by atoms with Crippen molar-refractivity contribution in [3.05, 3.63) is 0 Å². The summed E-state index contributed by atoms with van der Waals surface area (Å²) in [7, 11) is 0. The molecule has 0 radical (unpaired) electrons. The lowest BCUT2D eigenvalue weighted by molar-refractivity contribution is 0.0310. The van der Waals surface area contributed by atoms with Crippen molar-refractivity contribution in [2.75, 3.05) is 6.61 Å². The molecule has 2 aliphatic rings. The second-order valence-corrected chi connectivity index (χ2v) is 7.76. The van der Waals surface area contributed by atoms with E-state index in [4.69, 9.17) is 4.74 Å². The van der Waals surface area contributed by atoms with Gasteiger partial charge in [0.15, 0.2) is 0 Å². The highest BCUT2D eigenvalue weighted by Crippen LogP contribution is 2.41. The van der Waals surface area contributed by atoms with Crippen molar-refractivity contribution in [3.63, 3.8) is 0 Å². The van der Waals surface area contributed by atoms with E-state index < -0.39 is 0 Å². The van der Waals surface area contributed by atoms with Gasteiger partial charge in [0.05, 0.1) is 12.2 Å². The number of ether oxygens (including phenoxy) is 1. The van der Waals surface area contributed by atoms with Gasteiger partial charge < -0.3 is 9.84 Å². The highest BCUT2D eigenvalue weighted by Gasteiger charge is 2.32. The summed E-state index contributed by atoms with van der Waals surface area (Å²) in [4.78, 5) is 0. The van der Waals surface area contributed by atoms with Crippen LogP contribution in [-0.2, 0) is 4.74 Å². The van der Waals surface area contributed by atoms with Crippen LogP contribution in [0.25, 0.3) is 0 Å². The Kier molecular flexibility index (Phi) is 5.30. The van der Waals surface area contributed by atoms with E-state index in [1.54, 1.807) is 0 Å². The smallest absolute Gasteiger partial charge is 0.0577 e. The lowest BCUT2D eigenvalue weighted by Crippen LogP contribution is -2.31. The first-order chi connectivity index (χ1) is 8.97. The largest absolute Gasteiger partial charge is 0.393 e. The minimum absolute atomic E-state index is 0.0925. The summed E-state index contributed by atoms with van der Waals surface area (Å²) in [5.41, 5.74) is 0.438. The standard InChI is InChI=1S/C17H32O2/c1-17(2,3)14-8-6-13(7-9-14)16(18)11-10-15-5-4-12-19-15/h13-16,18H,4-12H2,1-3H3. The third-order valence-corrected chi connectivity index (χ3v) is 5.35. The van der Waals surface area contributed by atoms with E-state index in [9.17, 15) is 5.11 Å². The fraction of sp³-hybridized carbons (Fsp3) is 1.00. The van der Waals surface area contributed by atoms with Crippen LogP contribution in [0.1, 0.15) is 72.1 Å². The SMILES string of the molecule is CC(C)(C)C1CCC(C(O)CCC2CCCO2)CC1. The highest BCUT2D eigenvalue weighted by molar-refractivity contribution is 4.83. The molecule has 2 heteroatoms. The van der Waals surface area contributed by atoms with E-state index in [1.165, 1.54) is 38.5 Å². The molecule has 1 aliphatic carbocycles. The first-order valence-electron chi connectivity index (χ1n) is 8.26. The topological polar surface area (TPSA) is 29.5 Å². The molecular formula is C17H32O2. The molecule has 1 heterocycles. The molecule has 2 fully saturated rings. The van der Waals surface area contributed by atoms with Crippen molar-refractivity contribution >= 4 is 0 Å². The van der Waals surface area contributed by atoms with Crippen molar-refractivity contribution in [2.45, 2.75) is 84.3 Å². The van der Waals surface area contributed by atoms with E-state index in [2.05, 4.69) is 20.8 Å². The maximum Gasteiger partial charge on any atom is 0.0577 e. The van der Waals surface area contributed by atoms with E-state index in [1.807, 2.05) is 0 Å². The molecule has 112 valence electrons. The minimum Gasteiger partial charge on any atom is -0.393 e. The third-order valence-electron chi connectivity index (χ3n) is 5.35. The Morgan fingerprint density at radius 1 is 1.11 bits per heavy atom. The van der Waals surface area contributed by atoms with Crippen LogP contribution in [0.5, 0.6) is 0 Å². The summed E-state index contributed by atoms with van der Waals surface area (Å²) in [6, 6.07) is 0. The Morgan fingerprint density at radius 3 is 2.32 bits per heavy atom. The number of hydrogen-bond donors (Lipinski definition) is 1. The van der Waals surface area contributed by atoms with Crippen molar-refractivity contribution < 1.29 is 9.84 Å². The van der Waals surface area contributed by atoms with Gasteiger partial charge in [-0.1, -0.05) is 20.8 Å². The molecule has 1 N–H and O–H groups in total. The fourth-order valence-electron chi connectivity index (χ4n) is 3.83. The molecule has 2 unspecified atom stereocenters. The molecule has 0 spiro atoms. The summed E-state index contributed by atoms with van der Waals surface area (Å²) in [5.74, 6) is 1.38. The summed E-state index contributed by atoms with van der Waals surface area (Å²) in [6.45, 7) is 7.99. The fourth-order valence-corrected chi connectivity index (χ4v) is 3.83. The molecule has 19 heavy (non-hydrogen) atoms. The second-order valence-electron chi connectivity index (χ2n) is 7.76. The Balaban J connectivity index is 1.68. The third kappa shape index (κ3) is 4.46. The van der Waals surface area contributed by atoms with Gasteiger partial charge in [0.25, 0.3) is 0 Å². The molecule has 1 aliphatic heterocycles. The molecule has 1 saturated heterocycles. The molecule has 0 aromatic rings. The maximum absolute atomic E-state index is 10.4. The average molecular weight is 268 g/mol. The predicted octanol–water partition coefficient (Wildman–Crippen LogP) is 4.16. The van der Waals surface area contributed by atoms with E-state index in [-0.39, 0.29) is 6.10 Å². The van der Waals surface area contributed by atoms with Crippen molar-refractivity contribution in [1.82, 2.24) is 0 Å². The van der Waals surface area contributed by atoms with Crippen LogP contribution in [0.15, 0.2) is 0 Å². The van der Waals surface area contributed by atoms with Crippen LogP contribution >= 0.6 is 0 Å². The normalized spacial score (nSPS) is 34.4. The van der Waals surface area contributed by atoms with Crippen LogP contribution in [0.2, 0.25) is 0 Å². The molecule has 1 saturated carbocycles. The summed E-state index contributed by atoms with van der Waals surface area (Å²) in [5, 5.41) is 10.4. The zero-order valence-corrected chi connectivity index (χ0v) is 13.0. The molecule has 0 amide bonds. The van der Waals surface area contributed by atoms with Crippen LogP contribution in [0.3, 0.4) is 0 Å². The lowest BCUT2D eigenvalue weighted by Gasteiger charge is -2.38. The van der Waals surface area contributed by atoms with Gasteiger partial charge >= 0.3 is 0 Å². The molecule has 0 bridgehead atoms. The molecule has 0 aromatic carbocycles. The van der Waals surface area contributed by atoms with Crippen LogP contribution in [0.4, 0.5) is 0 Å². The first-order valence-corrected chi connectivity index (χ1v) is 8.26. The van der Waals surface area contributed by atoms with Crippen molar-refractivity contribution in [1.29, 1.82) is 0 Å². The Labute approximate surface area is 118 Å². The van der Waals surface area contributed by atoms with Crippen LogP contribution < -0.4 is 0 Å². The van der Waals surface area contributed by atoms with E-state index in [0.717, 1.165) is 25.4 Å². The van der Waals surface area contributed by atoms with Gasteiger partial charge in [-0.25, -0.2) is 0 Å². The van der Waals surface area contributed by atoms with Crippen LogP contribution in [0, 0.1) is 17.3 Å². The highest BCUT2D eigenvalue weighted by atomic mass is 16.5. The molecule has 2 rings (SSSR count). The summed E-state index contributed by atoms with van der Waals surface area (Å²) < 4.78 is 5.64. The zero-order valence-electron chi connectivity index (χ0n) is 13.0. The Bertz CT molecular complexity index is 255. The molecular weight excluding hydrogens is 236 g/mol. The van der Waals surface area contributed by atoms with Gasteiger partial charge in [-0.2, -0.15) is 0 Å². The van der Waals surface area contributed by atoms with Gasteiger partial charge in [0.1, 0.15) is 0 Å². The molecule has 2 atom stereocenters. The number of aliphatic hydroxyl groups is 1. The number of rotatable bonds is 4. The van der Waals surface area contributed by atoms with Gasteiger partial charge in [-0.05, 0) is 68.6 Å². The second kappa shape index (κ2) is 6.58. The average Bonchev–Trinajstić information content (AvgIpc) is 2.88. The zero-order chi connectivity index (χ0) is 13.9. The predicted molar refractivity (Wildman–Crippen MR) is 79.1 cm³/mol. The lowest BCUT2D eigenvalue weighted by atomic mass is 9.68. The van der Waals surface area contributed by atoms with E-state index >= 15 is 0 Å². The van der Waals surface area contributed by atoms with Crippen LogP contribution in [-0.4, -0.2) is 23.9 Å². The number of aliphatic hydroxyl groups excluding tert-OH is 1. The number of hydrogen-bond acceptors (Lipinski definition) is 2. The van der Waals surface area contributed by atoms with Gasteiger partial charge in [-0.15, -0.1) is 0 Å². The van der Waals surface area contributed by atoms with E-state index in [0.29, 0.717) is 17.4 Å². The summed E-state index contributed by atoms with van der Waals surface area (Å²) in [6.07, 6.45) is 9.77. The first kappa shape index (κ1) is 15.3. The maximum atomic E-state index is 10.4. The summed E-state index contributed by atoms with van der Waals surface area (Å²) >= 11 is 0. The van der Waals surface area contributed by atoms with Gasteiger partial charge in [-0.3, -0.25) is 0 Å². The minimum atomic E-state index is -0.0925. The van der Waals surface area contributed by atoms with Crippen molar-refractivity contribution in [3.8, 4) is 0 Å². The Hall–Kier alpha value is -0.0800. The monoisotopic (exact) mass is 268 g/mol. The molecule has 0 aromatic heterocycles. The van der Waals surface area contributed by atoms with Crippen molar-refractivity contribution in [2.24, 2.45) is 17.3 Å². The quantitative estimate of drug-likeness (QED) is 0.829. The Morgan fingerprint density at radius 2 is 1.79 bits per heavy atom.